The highest BCUT2D eigenvalue weighted by atomic mass is 16.3. The normalized spacial score (nSPS) is 14.1. The number of aliphatic hydroxyl groups is 1. The fraction of sp³-hybridized carbons (Fsp3) is 0.818. The molecule has 5 nitrogen and oxygen atoms in total. The summed E-state index contributed by atoms with van der Waals surface area (Å²) in [5, 5.41) is 20.6. The molecule has 1 atom stereocenters. The standard InChI is InChI=1S/C11H22N4O/c1-11(2,3)5-10(16)8-12-6-9-7-13-14-15(9)4/h7,10,12,16H,5-6,8H2,1-4H3. The van der Waals surface area contributed by atoms with Gasteiger partial charge in [-0.3, -0.25) is 4.68 Å². The van der Waals surface area contributed by atoms with Gasteiger partial charge in [0.25, 0.3) is 0 Å². The molecule has 0 amide bonds. The highest BCUT2D eigenvalue weighted by Gasteiger charge is 2.16. The van der Waals surface area contributed by atoms with Gasteiger partial charge in [-0.25, -0.2) is 0 Å². The maximum atomic E-state index is 9.78. The largest absolute Gasteiger partial charge is 0.392 e. The Bertz CT molecular complexity index is 316. The van der Waals surface area contributed by atoms with Crippen LogP contribution in [-0.2, 0) is 13.6 Å². The second-order valence-corrected chi connectivity index (χ2v) is 5.40. The van der Waals surface area contributed by atoms with Gasteiger partial charge in [0.2, 0.25) is 0 Å². The molecular weight excluding hydrogens is 204 g/mol. The maximum Gasteiger partial charge on any atom is 0.0738 e. The lowest BCUT2D eigenvalue weighted by atomic mass is 9.89. The molecule has 92 valence electrons. The van der Waals surface area contributed by atoms with Crippen LogP contribution in [0.15, 0.2) is 6.20 Å². The van der Waals surface area contributed by atoms with E-state index in [0.717, 1.165) is 12.1 Å². The molecule has 0 aromatic carbocycles. The monoisotopic (exact) mass is 226 g/mol. The second kappa shape index (κ2) is 5.41. The van der Waals surface area contributed by atoms with Crippen LogP contribution in [0.3, 0.4) is 0 Å². The molecule has 0 aliphatic heterocycles. The molecule has 5 heteroatoms. The van der Waals surface area contributed by atoms with Crippen molar-refractivity contribution < 1.29 is 5.11 Å². The van der Waals surface area contributed by atoms with Crippen LogP contribution < -0.4 is 5.32 Å². The van der Waals surface area contributed by atoms with Crippen LogP contribution in [0.5, 0.6) is 0 Å². The van der Waals surface area contributed by atoms with E-state index >= 15 is 0 Å². The summed E-state index contributed by atoms with van der Waals surface area (Å²) in [6.07, 6.45) is 2.22. The van der Waals surface area contributed by atoms with Crippen molar-refractivity contribution in [2.24, 2.45) is 12.5 Å². The first-order valence-electron chi connectivity index (χ1n) is 5.61. The van der Waals surface area contributed by atoms with E-state index in [0.29, 0.717) is 13.1 Å². The average molecular weight is 226 g/mol. The highest BCUT2D eigenvalue weighted by Crippen LogP contribution is 2.20. The molecule has 1 heterocycles. The van der Waals surface area contributed by atoms with Crippen molar-refractivity contribution in [2.75, 3.05) is 6.54 Å². The molecular formula is C11H22N4O. The lowest BCUT2D eigenvalue weighted by molar-refractivity contribution is 0.119. The molecule has 0 radical (unpaired) electrons. The van der Waals surface area contributed by atoms with Crippen LogP contribution in [0.1, 0.15) is 32.9 Å². The topological polar surface area (TPSA) is 63.0 Å². The van der Waals surface area contributed by atoms with Crippen molar-refractivity contribution in [3.63, 3.8) is 0 Å². The summed E-state index contributed by atoms with van der Waals surface area (Å²) in [7, 11) is 1.86. The van der Waals surface area contributed by atoms with Gasteiger partial charge < -0.3 is 10.4 Å². The molecule has 2 N–H and O–H groups in total. The highest BCUT2D eigenvalue weighted by molar-refractivity contribution is 4.92. The van der Waals surface area contributed by atoms with Crippen molar-refractivity contribution in [3.05, 3.63) is 11.9 Å². The molecule has 1 aromatic heterocycles. The molecule has 0 spiro atoms. The zero-order chi connectivity index (χ0) is 12.2. The number of rotatable bonds is 5. The maximum absolute atomic E-state index is 9.78. The van der Waals surface area contributed by atoms with E-state index in [1.165, 1.54) is 0 Å². The van der Waals surface area contributed by atoms with Gasteiger partial charge in [0, 0.05) is 20.1 Å². The Balaban J connectivity index is 2.23. The molecule has 1 aromatic rings. The van der Waals surface area contributed by atoms with Gasteiger partial charge in [-0.2, -0.15) is 0 Å². The lowest BCUT2D eigenvalue weighted by Crippen LogP contribution is -2.30. The SMILES string of the molecule is Cn1nncc1CNCC(O)CC(C)(C)C. The molecule has 1 rings (SSSR count). The summed E-state index contributed by atoms with van der Waals surface area (Å²) < 4.78 is 1.73. The van der Waals surface area contributed by atoms with E-state index in [1.807, 2.05) is 7.05 Å². The fourth-order valence-electron chi connectivity index (χ4n) is 1.62. The number of aryl methyl sites for hydroxylation is 1. The van der Waals surface area contributed by atoms with Gasteiger partial charge in [-0.15, -0.1) is 5.10 Å². The molecule has 0 aliphatic carbocycles. The van der Waals surface area contributed by atoms with Gasteiger partial charge in [-0.1, -0.05) is 26.0 Å². The van der Waals surface area contributed by atoms with Crippen LogP contribution in [0.25, 0.3) is 0 Å². The fourth-order valence-corrected chi connectivity index (χ4v) is 1.62. The van der Waals surface area contributed by atoms with Gasteiger partial charge in [0.15, 0.2) is 0 Å². The minimum Gasteiger partial charge on any atom is -0.392 e. The Labute approximate surface area is 96.9 Å². The smallest absolute Gasteiger partial charge is 0.0738 e. The molecule has 0 fully saturated rings. The lowest BCUT2D eigenvalue weighted by Gasteiger charge is -2.22. The number of nitrogens with one attached hydrogen (secondary N) is 1. The molecule has 16 heavy (non-hydrogen) atoms. The molecule has 0 bridgehead atoms. The zero-order valence-electron chi connectivity index (χ0n) is 10.6. The zero-order valence-corrected chi connectivity index (χ0v) is 10.6. The summed E-state index contributed by atoms with van der Waals surface area (Å²) >= 11 is 0. The number of aliphatic hydroxyl groups excluding tert-OH is 1. The van der Waals surface area contributed by atoms with E-state index in [9.17, 15) is 5.11 Å². The molecule has 0 aliphatic rings. The predicted octanol–water partition coefficient (Wildman–Crippen LogP) is 0.702. The van der Waals surface area contributed by atoms with Crippen LogP contribution >= 0.6 is 0 Å². The number of hydrogen-bond donors (Lipinski definition) is 2. The minimum atomic E-state index is -0.304. The van der Waals surface area contributed by atoms with E-state index in [1.54, 1.807) is 10.9 Å². The van der Waals surface area contributed by atoms with Crippen molar-refractivity contribution in [1.82, 2.24) is 20.3 Å². The molecule has 1 unspecified atom stereocenters. The Morgan fingerprint density at radius 1 is 1.50 bits per heavy atom. The number of hydrogen-bond acceptors (Lipinski definition) is 4. The summed E-state index contributed by atoms with van der Waals surface area (Å²) in [6, 6.07) is 0. The Hall–Kier alpha value is -0.940. The van der Waals surface area contributed by atoms with Crippen LogP contribution in [-0.4, -0.2) is 32.7 Å². The van der Waals surface area contributed by atoms with Crippen molar-refractivity contribution in [2.45, 2.75) is 39.8 Å². The Morgan fingerprint density at radius 3 is 2.69 bits per heavy atom. The van der Waals surface area contributed by atoms with Crippen molar-refractivity contribution in [3.8, 4) is 0 Å². The average Bonchev–Trinajstić information content (AvgIpc) is 2.48. The van der Waals surface area contributed by atoms with E-state index < -0.39 is 0 Å². The van der Waals surface area contributed by atoms with Crippen LogP contribution in [0, 0.1) is 5.41 Å². The third-order valence-electron chi connectivity index (χ3n) is 2.34. The summed E-state index contributed by atoms with van der Waals surface area (Å²) in [5.74, 6) is 0. The second-order valence-electron chi connectivity index (χ2n) is 5.40. The first kappa shape index (κ1) is 13.1. The number of aromatic nitrogens is 3. The van der Waals surface area contributed by atoms with E-state index in [4.69, 9.17) is 0 Å². The molecule has 0 saturated carbocycles. The van der Waals surface area contributed by atoms with Gasteiger partial charge in [-0.05, 0) is 11.8 Å². The van der Waals surface area contributed by atoms with Gasteiger partial charge in [0.1, 0.15) is 0 Å². The van der Waals surface area contributed by atoms with Crippen molar-refractivity contribution in [1.29, 1.82) is 0 Å². The number of nitrogens with zero attached hydrogens (tertiary/aromatic N) is 3. The van der Waals surface area contributed by atoms with Gasteiger partial charge in [0.05, 0.1) is 18.0 Å². The molecule has 0 saturated heterocycles. The summed E-state index contributed by atoms with van der Waals surface area (Å²) in [5.41, 5.74) is 1.18. The summed E-state index contributed by atoms with van der Waals surface area (Å²) in [4.78, 5) is 0. The third-order valence-corrected chi connectivity index (χ3v) is 2.34. The van der Waals surface area contributed by atoms with Crippen LogP contribution in [0.2, 0.25) is 0 Å². The van der Waals surface area contributed by atoms with E-state index in [2.05, 4.69) is 36.4 Å². The first-order valence-corrected chi connectivity index (χ1v) is 5.61. The minimum absolute atomic E-state index is 0.162. The van der Waals surface area contributed by atoms with Crippen LogP contribution in [0.4, 0.5) is 0 Å². The van der Waals surface area contributed by atoms with Crippen molar-refractivity contribution >= 4 is 0 Å². The predicted molar refractivity (Wildman–Crippen MR) is 62.8 cm³/mol. The first-order chi connectivity index (χ1) is 7.38. The Morgan fingerprint density at radius 2 is 2.19 bits per heavy atom. The van der Waals surface area contributed by atoms with E-state index in [-0.39, 0.29) is 11.5 Å². The Kier molecular flexibility index (Phi) is 4.44. The quantitative estimate of drug-likeness (QED) is 0.776. The summed E-state index contributed by atoms with van der Waals surface area (Å²) in [6.45, 7) is 7.66. The third kappa shape index (κ3) is 4.72. The van der Waals surface area contributed by atoms with Gasteiger partial charge >= 0.3 is 0 Å².